The monoisotopic (exact) mass is 291 g/mol. The lowest BCUT2D eigenvalue weighted by Crippen LogP contribution is -2.30. The van der Waals surface area contributed by atoms with Crippen molar-refractivity contribution in [3.63, 3.8) is 0 Å². The van der Waals surface area contributed by atoms with Crippen LogP contribution < -0.4 is 16.0 Å². The summed E-state index contributed by atoms with van der Waals surface area (Å²) in [6, 6.07) is 6.99. The van der Waals surface area contributed by atoms with Crippen molar-refractivity contribution in [3.8, 4) is 0 Å². The molecule has 0 fully saturated rings. The molecule has 1 atom stereocenters. The Bertz CT molecular complexity index is 474. The smallest absolute Gasteiger partial charge is 0.251 e. The molecule has 3 N–H and O–H groups in total. The first kappa shape index (κ1) is 17.2. The zero-order valence-electron chi connectivity index (χ0n) is 13.0. The largest absolute Gasteiger partial charge is 0.352 e. The molecule has 0 saturated carbocycles. The first-order valence-corrected chi connectivity index (χ1v) is 7.48. The number of hydrogen-bond donors (Lipinski definition) is 3. The Labute approximate surface area is 126 Å². The molecule has 0 aliphatic rings. The molecule has 0 heterocycles. The van der Waals surface area contributed by atoms with E-state index in [9.17, 15) is 9.59 Å². The Hall–Kier alpha value is -1.88. The Morgan fingerprint density at radius 2 is 2.00 bits per heavy atom. The van der Waals surface area contributed by atoms with E-state index in [4.69, 9.17) is 0 Å². The van der Waals surface area contributed by atoms with E-state index in [0.29, 0.717) is 24.3 Å². The standard InChI is InChI=1S/C16H25N3O2/c1-4-9-18-16(21)13-7-6-8-14(10-13)19-15(20)12(3)11-17-5-2/h6-8,10,12,17H,4-5,9,11H2,1-3H3,(H,18,21)(H,19,20). The third-order valence-corrected chi connectivity index (χ3v) is 3.08. The molecule has 0 radical (unpaired) electrons. The summed E-state index contributed by atoms with van der Waals surface area (Å²) in [6.07, 6.45) is 0.893. The number of carbonyl (C=O) groups is 2. The number of hydrogen-bond acceptors (Lipinski definition) is 3. The van der Waals surface area contributed by atoms with Crippen LogP contribution >= 0.6 is 0 Å². The molecular weight excluding hydrogens is 266 g/mol. The van der Waals surface area contributed by atoms with Gasteiger partial charge < -0.3 is 16.0 Å². The Morgan fingerprint density at radius 3 is 2.67 bits per heavy atom. The second kappa shape index (κ2) is 9.13. The van der Waals surface area contributed by atoms with E-state index >= 15 is 0 Å². The lowest BCUT2D eigenvalue weighted by atomic mass is 10.1. The van der Waals surface area contributed by atoms with Crippen molar-refractivity contribution in [1.29, 1.82) is 0 Å². The van der Waals surface area contributed by atoms with Gasteiger partial charge in [-0.2, -0.15) is 0 Å². The lowest BCUT2D eigenvalue weighted by Gasteiger charge is -2.13. The summed E-state index contributed by atoms with van der Waals surface area (Å²) in [7, 11) is 0. The van der Waals surface area contributed by atoms with Gasteiger partial charge in [0.2, 0.25) is 5.91 Å². The Kier molecular flexibility index (Phi) is 7.46. The minimum atomic E-state index is -0.123. The number of rotatable bonds is 8. The van der Waals surface area contributed by atoms with Crippen molar-refractivity contribution < 1.29 is 9.59 Å². The summed E-state index contributed by atoms with van der Waals surface area (Å²) >= 11 is 0. The molecule has 2 amide bonds. The predicted molar refractivity (Wildman–Crippen MR) is 85.4 cm³/mol. The molecule has 5 nitrogen and oxygen atoms in total. The van der Waals surface area contributed by atoms with E-state index in [0.717, 1.165) is 13.0 Å². The highest BCUT2D eigenvalue weighted by molar-refractivity contribution is 5.97. The molecule has 0 aromatic heterocycles. The molecule has 0 bridgehead atoms. The molecule has 1 unspecified atom stereocenters. The van der Waals surface area contributed by atoms with Crippen molar-refractivity contribution in [2.75, 3.05) is 25.0 Å². The quantitative estimate of drug-likeness (QED) is 0.686. The fourth-order valence-electron chi connectivity index (χ4n) is 1.80. The van der Waals surface area contributed by atoms with Crippen molar-refractivity contribution in [3.05, 3.63) is 29.8 Å². The lowest BCUT2D eigenvalue weighted by molar-refractivity contribution is -0.119. The van der Waals surface area contributed by atoms with E-state index < -0.39 is 0 Å². The van der Waals surface area contributed by atoms with E-state index in [2.05, 4.69) is 16.0 Å². The molecule has 0 aliphatic heterocycles. The van der Waals surface area contributed by atoms with Gasteiger partial charge in [-0.25, -0.2) is 0 Å². The van der Waals surface area contributed by atoms with Gasteiger partial charge in [0, 0.05) is 30.3 Å². The molecule has 1 aromatic rings. The van der Waals surface area contributed by atoms with E-state index in [-0.39, 0.29) is 17.7 Å². The van der Waals surface area contributed by atoms with Gasteiger partial charge >= 0.3 is 0 Å². The first-order valence-electron chi connectivity index (χ1n) is 7.48. The SMILES string of the molecule is CCCNC(=O)c1cccc(NC(=O)C(C)CNCC)c1. The summed E-state index contributed by atoms with van der Waals surface area (Å²) in [5.74, 6) is -0.293. The van der Waals surface area contributed by atoms with Gasteiger partial charge in [-0.1, -0.05) is 26.8 Å². The summed E-state index contributed by atoms with van der Waals surface area (Å²) in [5.41, 5.74) is 1.20. The highest BCUT2D eigenvalue weighted by Crippen LogP contribution is 2.12. The van der Waals surface area contributed by atoms with Crippen LogP contribution in [-0.4, -0.2) is 31.4 Å². The van der Waals surface area contributed by atoms with Gasteiger partial charge in [-0.15, -0.1) is 0 Å². The average molecular weight is 291 g/mol. The van der Waals surface area contributed by atoms with Gasteiger partial charge in [0.25, 0.3) is 5.91 Å². The van der Waals surface area contributed by atoms with Gasteiger partial charge in [0.05, 0.1) is 0 Å². The fraction of sp³-hybridized carbons (Fsp3) is 0.500. The van der Waals surface area contributed by atoms with Crippen LogP contribution in [0.25, 0.3) is 0 Å². The van der Waals surface area contributed by atoms with Crippen LogP contribution in [0.3, 0.4) is 0 Å². The molecule has 1 aromatic carbocycles. The van der Waals surface area contributed by atoms with E-state index in [1.165, 1.54) is 0 Å². The van der Waals surface area contributed by atoms with Gasteiger partial charge in [0.15, 0.2) is 0 Å². The molecule has 0 spiro atoms. The molecular formula is C16H25N3O2. The minimum Gasteiger partial charge on any atom is -0.352 e. The van der Waals surface area contributed by atoms with Crippen molar-refractivity contribution in [2.24, 2.45) is 5.92 Å². The summed E-state index contributed by atoms with van der Waals surface area (Å²) in [6.45, 7) is 8.00. The third kappa shape index (κ3) is 5.95. The van der Waals surface area contributed by atoms with Crippen LogP contribution in [0.4, 0.5) is 5.69 Å². The third-order valence-electron chi connectivity index (χ3n) is 3.08. The number of benzene rings is 1. The number of carbonyl (C=O) groups excluding carboxylic acids is 2. The van der Waals surface area contributed by atoms with Gasteiger partial charge in [0.1, 0.15) is 0 Å². The van der Waals surface area contributed by atoms with E-state index in [1.54, 1.807) is 24.3 Å². The molecule has 21 heavy (non-hydrogen) atoms. The minimum absolute atomic E-state index is 0.0536. The second-order valence-corrected chi connectivity index (χ2v) is 5.03. The van der Waals surface area contributed by atoms with Gasteiger partial charge in [-0.05, 0) is 31.2 Å². The number of amides is 2. The highest BCUT2D eigenvalue weighted by Gasteiger charge is 2.13. The molecule has 0 saturated heterocycles. The maximum atomic E-state index is 12.0. The maximum Gasteiger partial charge on any atom is 0.251 e. The van der Waals surface area contributed by atoms with Crippen LogP contribution in [0.2, 0.25) is 0 Å². The van der Waals surface area contributed by atoms with Gasteiger partial charge in [-0.3, -0.25) is 9.59 Å². The van der Waals surface area contributed by atoms with Crippen LogP contribution in [0, 0.1) is 5.92 Å². The Morgan fingerprint density at radius 1 is 1.24 bits per heavy atom. The van der Waals surface area contributed by atoms with Crippen molar-refractivity contribution in [2.45, 2.75) is 27.2 Å². The molecule has 5 heteroatoms. The van der Waals surface area contributed by atoms with Crippen LogP contribution in [0.1, 0.15) is 37.6 Å². The average Bonchev–Trinajstić information content (AvgIpc) is 2.50. The Balaban J connectivity index is 2.63. The zero-order chi connectivity index (χ0) is 15.7. The zero-order valence-corrected chi connectivity index (χ0v) is 13.0. The van der Waals surface area contributed by atoms with Crippen molar-refractivity contribution in [1.82, 2.24) is 10.6 Å². The summed E-state index contributed by atoms with van der Waals surface area (Å²) in [4.78, 5) is 23.9. The maximum absolute atomic E-state index is 12.0. The topological polar surface area (TPSA) is 70.2 Å². The highest BCUT2D eigenvalue weighted by atomic mass is 16.2. The van der Waals surface area contributed by atoms with Crippen LogP contribution in [0.15, 0.2) is 24.3 Å². The number of anilines is 1. The summed E-state index contributed by atoms with van der Waals surface area (Å²) < 4.78 is 0. The number of nitrogens with one attached hydrogen (secondary N) is 3. The first-order chi connectivity index (χ1) is 10.1. The molecule has 116 valence electrons. The fourth-order valence-corrected chi connectivity index (χ4v) is 1.80. The van der Waals surface area contributed by atoms with Crippen molar-refractivity contribution >= 4 is 17.5 Å². The summed E-state index contributed by atoms with van der Waals surface area (Å²) in [5, 5.41) is 8.80. The molecule has 0 aliphatic carbocycles. The normalized spacial score (nSPS) is 11.8. The van der Waals surface area contributed by atoms with Crippen LogP contribution in [0.5, 0.6) is 0 Å². The van der Waals surface area contributed by atoms with E-state index in [1.807, 2.05) is 20.8 Å². The predicted octanol–water partition coefficient (Wildman–Crippen LogP) is 2.01. The molecule has 1 rings (SSSR count). The second-order valence-electron chi connectivity index (χ2n) is 5.03. The van der Waals surface area contributed by atoms with Crippen LogP contribution in [-0.2, 0) is 4.79 Å².